The predicted molar refractivity (Wildman–Crippen MR) is 82.5 cm³/mol. The molecule has 22 heavy (non-hydrogen) atoms. The van der Waals surface area contributed by atoms with Gasteiger partial charge in [0, 0.05) is 18.3 Å². The van der Waals surface area contributed by atoms with E-state index >= 15 is 0 Å². The van der Waals surface area contributed by atoms with Crippen LogP contribution in [0.3, 0.4) is 0 Å². The number of rotatable bonds is 4. The normalized spacial score (nSPS) is 11.9. The van der Waals surface area contributed by atoms with Crippen molar-refractivity contribution in [2.45, 2.75) is 0 Å². The zero-order chi connectivity index (χ0) is 15.4. The van der Waals surface area contributed by atoms with Crippen LogP contribution in [-0.4, -0.2) is 19.6 Å². The second kappa shape index (κ2) is 6.22. The van der Waals surface area contributed by atoms with Crippen molar-refractivity contribution in [2.75, 3.05) is 18.6 Å². The predicted octanol–water partition coefficient (Wildman–Crippen LogP) is 3.02. The summed E-state index contributed by atoms with van der Waals surface area (Å²) in [5, 5.41) is 0. The molecule has 0 aromatic heterocycles. The summed E-state index contributed by atoms with van der Waals surface area (Å²) in [6, 6.07) is 14.7. The lowest BCUT2D eigenvalue weighted by molar-refractivity contribution is -0.151. The van der Waals surface area contributed by atoms with Crippen molar-refractivity contribution in [3.63, 3.8) is 0 Å². The Morgan fingerprint density at radius 2 is 2.00 bits per heavy atom. The Hall–Kier alpha value is -2.95. The van der Waals surface area contributed by atoms with Crippen molar-refractivity contribution in [1.82, 2.24) is 0 Å². The molecule has 0 bridgehead atoms. The maximum atomic E-state index is 12.2. The van der Waals surface area contributed by atoms with E-state index in [1.807, 2.05) is 36.4 Å². The molecular formula is C17H15NO4. The molecule has 1 aliphatic heterocycles. The maximum Gasteiger partial charge on any atom is 0.264 e. The van der Waals surface area contributed by atoms with Gasteiger partial charge in [-0.15, -0.1) is 0 Å². The molecule has 0 unspecified atom stereocenters. The molecule has 3 rings (SSSR count). The van der Waals surface area contributed by atoms with Crippen molar-refractivity contribution >= 4 is 17.7 Å². The first-order chi connectivity index (χ1) is 10.7. The number of likely N-dealkylation sites (N-methyl/N-ethyl adjacent to an activating group) is 1. The number of ether oxygens (including phenoxy) is 1. The van der Waals surface area contributed by atoms with Crippen molar-refractivity contribution in [1.29, 1.82) is 0 Å². The second-order valence-corrected chi connectivity index (χ2v) is 4.76. The van der Waals surface area contributed by atoms with Gasteiger partial charge in [-0.05, 0) is 36.4 Å². The topological polar surface area (TPSA) is 48.0 Å². The average molecular weight is 297 g/mol. The quantitative estimate of drug-likeness (QED) is 0.814. The van der Waals surface area contributed by atoms with Crippen LogP contribution in [0.5, 0.6) is 11.5 Å². The van der Waals surface area contributed by atoms with Gasteiger partial charge in [-0.3, -0.25) is 14.6 Å². The number of anilines is 1. The Kier molecular flexibility index (Phi) is 3.96. The fourth-order valence-corrected chi connectivity index (χ4v) is 2.03. The van der Waals surface area contributed by atoms with E-state index in [0.717, 1.165) is 11.3 Å². The van der Waals surface area contributed by atoms with Crippen LogP contribution in [0.25, 0.3) is 6.08 Å². The van der Waals surface area contributed by atoms with E-state index in [9.17, 15) is 4.79 Å². The molecule has 5 nitrogen and oxygen atoms in total. The Bertz CT molecular complexity index is 697. The molecule has 0 radical (unpaired) electrons. The summed E-state index contributed by atoms with van der Waals surface area (Å²) in [7, 11) is 1.71. The lowest BCUT2D eigenvalue weighted by Gasteiger charge is -2.19. The molecule has 0 saturated heterocycles. The Morgan fingerprint density at radius 3 is 2.82 bits per heavy atom. The number of amides is 1. The van der Waals surface area contributed by atoms with Gasteiger partial charge in [0.15, 0.2) is 12.4 Å². The van der Waals surface area contributed by atoms with Gasteiger partial charge in [-0.1, -0.05) is 18.2 Å². The maximum absolute atomic E-state index is 12.2. The fraction of sp³-hybridized carbons (Fsp3) is 0.118. The van der Waals surface area contributed by atoms with Crippen molar-refractivity contribution < 1.29 is 19.3 Å². The van der Waals surface area contributed by atoms with Crippen LogP contribution in [0, 0.1) is 0 Å². The van der Waals surface area contributed by atoms with Gasteiger partial charge in [-0.2, -0.15) is 0 Å². The first kappa shape index (κ1) is 14.0. The monoisotopic (exact) mass is 297 g/mol. The summed E-state index contributed by atoms with van der Waals surface area (Å²) in [5.41, 5.74) is 1.61. The number of carbonyl (C=O) groups is 1. The zero-order valence-electron chi connectivity index (χ0n) is 12.1. The van der Waals surface area contributed by atoms with Gasteiger partial charge in [0.1, 0.15) is 12.0 Å². The molecule has 5 heteroatoms. The highest BCUT2D eigenvalue weighted by Gasteiger charge is 2.15. The highest BCUT2D eigenvalue weighted by Crippen LogP contribution is 2.28. The zero-order valence-corrected chi connectivity index (χ0v) is 12.1. The SMILES string of the molecule is CN(C(=O)COc1ccccc1)c1ccc2c(c1)C=COO2. The van der Waals surface area contributed by atoms with Crippen LogP contribution < -0.4 is 14.5 Å². The number of para-hydroxylation sites is 1. The number of hydrogen-bond donors (Lipinski definition) is 0. The van der Waals surface area contributed by atoms with E-state index in [1.54, 1.807) is 30.2 Å². The standard InChI is InChI=1S/C17H15NO4/c1-18(17(19)12-20-15-5-3-2-4-6-15)14-7-8-16-13(11-14)9-10-21-22-16/h2-11H,12H2,1H3. The minimum absolute atomic E-state index is 0.0208. The summed E-state index contributed by atoms with van der Waals surface area (Å²) in [6.45, 7) is -0.0208. The van der Waals surface area contributed by atoms with Gasteiger partial charge < -0.3 is 9.64 Å². The molecule has 1 aliphatic rings. The van der Waals surface area contributed by atoms with Crippen LogP contribution in [0.4, 0.5) is 5.69 Å². The Balaban J connectivity index is 1.67. The molecule has 1 heterocycles. The summed E-state index contributed by atoms with van der Waals surface area (Å²) in [6.07, 6.45) is 3.23. The number of carbonyl (C=O) groups excluding carboxylic acids is 1. The van der Waals surface area contributed by atoms with Crippen molar-refractivity contribution in [2.24, 2.45) is 0 Å². The fourth-order valence-electron chi connectivity index (χ4n) is 2.03. The van der Waals surface area contributed by atoms with E-state index in [4.69, 9.17) is 14.5 Å². The molecule has 0 spiro atoms. The number of hydrogen-bond acceptors (Lipinski definition) is 4. The minimum atomic E-state index is -0.138. The van der Waals surface area contributed by atoms with E-state index in [-0.39, 0.29) is 12.5 Å². The Morgan fingerprint density at radius 1 is 1.18 bits per heavy atom. The first-order valence-electron chi connectivity index (χ1n) is 6.82. The van der Waals surface area contributed by atoms with E-state index in [1.165, 1.54) is 6.26 Å². The van der Waals surface area contributed by atoms with Crippen LogP contribution in [0.15, 0.2) is 54.8 Å². The Labute approximate surface area is 128 Å². The smallest absolute Gasteiger partial charge is 0.264 e. The molecule has 0 atom stereocenters. The lowest BCUT2D eigenvalue weighted by atomic mass is 10.1. The van der Waals surface area contributed by atoms with Crippen molar-refractivity contribution in [3.05, 3.63) is 60.4 Å². The third kappa shape index (κ3) is 3.03. The van der Waals surface area contributed by atoms with Gasteiger partial charge >= 0.3 is 0 Å². The molecule has 0 fully saturated rings. The van der Waals surface area contributed by atoms with Crippen molar-refractivity contribution in [3.8, 4) is 11.5 Å². The van der Waals surface area contributed by atoms with Gasteiger partial charge in [0.25, 0.3) is 5.91 Å². The summed E-state index contributed by atoms with van der Waals surface area (Å²) in [4.78, 5) is 23.5. The molecule has 2 aromatic carbocycles. The van der Waals surface area contributed by atoms with E-state index < -0.39 is 0 Å². The molecule has 1 amide bonds. The van der Waals surface area contributed by atoms with Crippen LogP contribution in [-0.2, 0) is 9.68 Å². The summed E-state index contributed by atoms with van der Waals surface area (Å²) in [5.74, 6) is 1.15. The highest BCUT2D eigenvalue weighted by molar-refractivity contribution is 5.94. The molecular weight excluding hydrogens is 282 g/mol. The molecule has 0 saturated carbocycles. The number of nitrogens with zero attached hydrogens (tertiary/aromatic N) is 1. The van der Waals surface area contributed by atoms with Crippen LogP contribution in [0.1, 0.15) is 5.56 Å². The molecule has 0 N–H and O–H groups in total. The second-order valence-electron chi connectivity index (χ2n) is 4.76. The van der Waals surface area contributed by atoms with Gasteiger partial charge in [0.2, 0.25) is 0 Å². The summed E-state index contributed by atoms with van der Waals surface area (Å²) >= 11 is 0. The summed E-state index contributed by atoms with van der Waals surface area (Å²) < 4.78 is 5.47. The average Bonchev–Trinajstić information content (AvgIpc) is 2.59. The number of benzene rings is 2. The third-order valence-corrected chi connectivity index (χ3v) is 3.30. The van der Waals surface area contributed by atoms with Gasteiger partial charge in [-0.25, -0.2) is 0 Å². The largest absolute Gasteiger partial charge is 0.484 e. The third-order valence-electron chi connectivity index (χ3n) is 3.30. The number of fused-ring (bicyclic) bond motifs is 1. The molecule has 112 valence electrons. The molecule has 0 aliphatic carbocycles. The first-order valence-corrected chi connectivity index (χ1v) is 6.82. The van der Waals surface area contributed by atoms with Crippen LogP contribution >= 0.6 is 0 Å². The van der Waals surface area contributed by atoms with E-state index in [2.05, 4.69) is 0 Å². The van der Waals surface area contributed by atoms with E-state index in [0.29, 0.717) is 11.5 Å². The highest BCUT2D eigenvalue weighted by atomic mass is 17.2. The minimum Gasteiger partial charge on any atom is -0.484 e. The van der Waals surface area contributed by atoms with Crippen LogP contribution in [0.2, 0.25) is 0 Å². The lowest BCUT2D eigenvalue weighted by Crippen LogP contribution is -2.31. The molecule has 2 aromatic rings. The van der Waals surface area contributed by atoms with Gasteiger partial charge in [0.05, 0.1) is 0 Å².